The number of fused-ring (bicyclic) bond motifs is 3. The maximum Gasteiger partial charge on any atom is 0.407 e. The van der Waals surface area contributed by atoms with Crippen LogP contribution in [-0.2, 0) is 9.53 Å². The monoisotopic (exact) mass is 416 g/mol. The second kappa shape index (κ2) is 8.92. The number of rotatable bonds is 7. The van der Waals surface area contributed by atoms with Gasteiger partial charge in [-0.25, -0.2) is 9.59 Å². The third-order valence-electron chi connectivity index (χ3n) is 5.59. The van der Waals surface area contributed by atoms with E-state index >= 15 is 0 Å². The summed E-state index contributed by atoms with van der Waals surface area (Å²) in [6.07, 6.45) is -0.740. The van der Waals surface area contributed by atoms with Crippen molar-refractivity contribution in [3.63, 3.8) is 0 Å². The van der Waals surface area contributed by atoms with Gasteiger partial charge in [0.05, 0.1) is 0 Å². The average molecular weight is 416 g/mol. The van der Waals surface area contributed by atoms with E-state index in [1.165, 1.54) is 0 Å². The van der Waals surface area contributed by atoms with Crippen LogP contribution in [0.15, 0.2) is 78.9 Å². The molecule has 6 nitrogen and oxygen atoms in total. The number of aliphatic carboxylic acids is 1. The van der Waals surface area contributed by atoms with E-state index in [-0.39, 0.29) is 19.1 Å². The molecular weight excluding hydrogens is 392 g/mol. The molecule has 0 bridgehead atoms. The van der Waals surface area contributed by atoms with Crippen molar-refractivity contribution in [2.45, 2.75) is 12.0 Å². The minimum absolute atomic E-state index is 0.0755. The zero-order valence-electron chi connectivity index (χ0n) is 17.2. The number of amides is 1. The quantitative estimate of drug-likeness (QED) is 0.606. The number of para-hydroxylation sites is 1. The Kier molecular flexibility index (Phi) is 5.89. The number of anilines is 1. The first kappa shape index (κ1) is 20.5. The Bertz CT molecular complexity index is 1040. The zero-order valence-corrected chi connectivity index (χ0v) is 17.2. The lowest BCUT2D eigenvalue weighted by Crippen LogP contribution is -2.48. The van der Waals surface area contributed by atoms with Crippen LogP contribution in [0.3, 0.4) is 0 Å². The fourth-order valence-electron chi connectivity index (χ4n) is 4.03. The van der Waals surface area contributed by atoms with E-state index in [1.807, 2.05) is 66.7 Å². The van der Waals surface area contributed by atoms with Crippen LogP contribution in [0.25, 0.3) is 11.1 Å². The van der Waals surface area contributed by atoms with Gasteiger partial charge in [-0.2, -0.15) is 0 Å². The Labute approximate surface area is 181 Å². The number of nitrogens with zero attached hydrogens (tertiary/aromatic N) is 1. The van der Waals surface area contributed by atoms with Crippen molar-refractivity contribution in [2.24, 2.45) is 0 Å². The molecule has 1 aliphatic carbocycles. The normalized spacial score (nSPS) is 13.1. The lowest BCUT2D eigenvalue weighted by molar-refractivity contribution is -0.139. The van der Waals surface area contributed by atoms with Gasteiger partial charge in [-0.1, -0.05) is 66.7 Å². The van der Waals surface area contributed by atoms with Gasteiger partial charge >= 0.3 is 12.1 Å². The molecule has 0 spiro atoms. The summed E-state index contributed by atoms with van der Waals surface area (Å²) in [6, 6.07) is 24.4. The van der Waals surface area contributed by atoms with Crippen molar-refractivity contribution in [3.05, 3.63) is 90.0 Å². The Hall–Kier alpha value is -3.80. The molecule has 1 unspecified atom stereocenters. The molecule has 0 saturated heterocycles. The van der Waals surface area contributed by atoms with Crippen molar-refractivity contribution in [3.8, 4) is 11.1 Å². The van der Waals surface area contributed by atoms with Crippen molar-refractivity contribution in [1.82, 2.24) is 5.32 Å². The van der Waals surface area contributed by atoms with Gasteiger partial charge in [0, 0.05) is 25.2 Å². The summed E-state index contributed by atoms with van der Waals surface area (Å²) >= 11 is 0. The third-order valence-corrected chi connectivity index (χ3v) is 5.59. The standard InChI is InChI=1S/C25H24N2O4/c1-27(17-9-3-2-4-10-17)15-23(24(28)29)26-25(30)31-16-22-20-13-7-5-11-18(20)19-12-6-8-14-21(19)22/h2-14,22-23H,15-16H2,1H3,(H,26,30)(H,28,29). The molecule has 3 aromatic rings. The zero-order chi connectivity index (χ0) is 21.8. The molecule has 4 rings (SSSR count). The van der Waals surface area contributed by atoms with Crippen molar-refractivity contribution in [1.29, 1.82) is 0 Å². The van der Waals surface area contributed by atoms with Crippen LogP contribution in [0.2, 0.25) is 0 Å². The van der Waals surface area contributed by atoms with E-state index in [0.29, 0.717) is 0 Å². The van der Waals surface area contributed by atoms with Crippen molar-refractivity contribution in [2.75, 3.05) is 25.1 Å². The summed E-state index contributed by atoms with van der Waals surface area (Å²) in [6.45, 7) is 0.254. The lowest BCUT2D eigenvalue weighted by atomic mass is 9.98. The molecular formula is C25H24N2O4. The molecule has 1 amide bonds. The number of carbonyl (C=O) groups is 2. The van der Waals surface area contributed by atoms with Crippen LogP contribution in [-0.4, -0.2) is 43.4 Å². The number of nitrogens with one attached hydrogen (secondary N) is 1. The highest BCUT2D eigenvalue weighted by Gasteiger charge is 2.30. The van der Waals surface area contributed by atoms with Crippen LogP contribution in [0.4, 0.5) is 10.5 Å². The SMILES string of the molecule is CN(CC(NC(=O)OCC1c2ccccc2-c2ccccc21)C(=O)O)c1ccccc1. The Morgan fingerprint density at radius 1 is 0.935 bits per heavy atom. The van der Waals surface area contributed by atoms with E-state index in [2.05, 4.69) is 17.4 Å². The molecule has 3 aromatic carbocycles. The second-order valence-corrected chi connectivity index (χ2v) is 7.58. The fraction of sp³-hybridized carbons (Fsp3) is 0.200. The van der Waals surface area contributed by atoms with Crippen LogP contribution >= 0.6 is 0 Å². The summed E-state index contributed by atoms with van der Waals surface area (Å²) in [5, 5.41) is 12.0. The summed E-state index contributed by atoms with van der Waals surface area (Å²) in [5.41, 5.74) is 5.35. The maximum atomic E-state index is 12.4. The van der Waals surface area contributed by atoms with Gasteiger partial charge in [-0.15, -0.1) is 0 Å². The number of carboxylic acid groups (broad SMARTS) is 1. The molecule has 1 aliphatic rings. The van der Waals surface area contributed by atoms with Gasteiger partial charge < -0.3 is 20.1 Å². The Morgan fingerprint density at radius 3 is 2.06 bits per heavy atom. The van der Waals surface area contributed by atoms with E-state index < -0.39 is 18.1 Å². The molecule has 0 heterocycles. The minimum atomic E-state index is -1.11. The van der Waals surface area contributed by atoms with Gasteiger partial charge in [0.1, 0.15) is 12.6 Å². The number of hydrogen-bond acceptors (Lipinski definition) is 4. The average Bonchev–Trinajstić information content (AvgIpc) is 3.11. The van der Waals surface area contributed by atoms with Crippen molar-refractivity contribution >= 4 is 17.7 Å². The molecule has 0 fully saturated rings. The Morgan fingerprint density at radius 2 is 1.48 bits per heavy atom. The first-order valence-corrected chi connectivity index (χ1v) is 10.1. The fourth-order valence-corrected chi connectivity index (χ4v) is 4.03. The highest BCUT2D eigenvalue weighted by Crippen LogP contribution is 2.44. The predicted molar refractivity (Wildman–Crippen MR) is 119 cm³/mol. The van der Waals surface area contributed by atoms with Crippen LogP contribution < -0.4 is 10.2 Å². The molecule has 0 saturated carbocycles. The van der Waals surface area contributed by atoms with E-state index in [1.54, 1.807) is 11.9 Å². The lowest BCUT2D eigenvalue weighted by Gasteiger charge is -2.24. The predicted octanol–water partition coefficient (Wildman–Crippen LogP) is 4.11. The molecule has 158 valence electrons. The number of hydrogen-bond donors (Lipinski definition) is 2. The van der Waals surface area contributed by atoms with Crippen LogP contribution in [0.1, 0.15) is 17.0 Å². The largest absolute Gasteiger partial charge is 0.480 e. The van der Waals surface area contributed by atoms with Gasteiger partial charge in [0.2, 0.25) is 0 Å². The molecule has 2 N–H and O–H groups in total. The van der Waals surface area contributed by atoms with Gasteiger partial charge in [0.25, 0.3) is 0 Å². The van der Waals surface area contributed by atoms with E-state index in [4.69, 9.17) is 4.74 Å². The summed E-state index contributed by atoms with van der Waals surface area (Å²) in [7, 11) is 1.78. The van der Waals surface area contributed by atoms with Gasteiger partial charge in [-0.05, 0) is 34.4 Å². The van der Waals surface area contributed by atoms with Gasteiger partial charge in [-0.3, -0.25) is 0 Å². The molecule has 6 heteroatoms. The molecule has 0 radical (unpaired) electrons. The molecule has 0 aliphatic heterocycles. The number of benzene rings is 3. The molecule has 31 heavy (non-hydrogen) atoms. The van der Waals surface area contributed by atoms with Crippen LogP contribution in [0.5, 0.6) is 0 Å². The number of alkyl carbamates (subject to hydrolysis) is 1. The summed E-state index contributed by atoms with van der Waals surface area (Å²) in [5.74, 6) is -1.19. The smallest absolute Gasteiger partial charge is 0.407 e. The Balaban J connectivity index is 1.41. The number of likely N-dealkylation sites (N-methyl/N-ethyl adjacent to an activating group) is 1. The molecule has 1 atom stereocenters. The van der Waals surface area contributed by atoms with Gasteiger partial charge in [0.15, 0.2) is 0 Å². The van der Waals surface area contributed by atoms with Crippen LogP contribution in [0, 0.1) is 0 Å². The van der Waals surface area contributed by atoms with Crippen molar-refractivity contribution < 1.29 is 19.4 Å². The first-order chi connectivity index (χ1) is 15.0. The molecule has 0 aromatic heterocycles. The number of carbonyl (C=O) groups excluding carboxylic acids is 1. The number of ether oxygens (including phenoxy) is 1. The second-order valence-electron chi connectivity index (χ2n) is 7.58. The van der Waals surface area contributed by atoms with E-state index in [0.717, 1.165) is 27.9 Å². The third kappa shape index (κ3) is 4.38. The maximum absolute atomic E-state index is 12.4. The highest BCUT2D eigenvalue weighted by atomic mass is 16.5. The first-order valence-electron chi connectivity index (χ1n) is 10.1. The minimum Gasteiger partial charge on any atom is -0.480 e. The topological polar surface area (TPSA) is 78.9 Å². The highest BCUT2D eigenvalue weighted by molar-refractivity contribution is 5.81. The van der Waals surface area contributed by atoms with E-state index in [9.17, 15) is 14.7 Å². The number of carboxylic acids is 1. The summed E-state index contributed by atoms with van der Waals surface area (Å²) < 4.78 is 5.48. The summed E-state index contributed by atoms with van der Waals surface area (Å²) in [4.78, 5) is 25.9.